The molecule has 0 unspecified atom stereocenters. The Morgan fingerprint density at radius 2 is 1.92 bits per heavy atom. The second-order valence-corrected chi connectivity index (χ2v) is 5.23. The number of hydrogen-bond acceptors (Lipinski definition) is 5. The summed E-state index contributed by atoms with van der Waals surface area (Å²) < 4.78 is 44.9. The van der Waals surface area contributed by atoms with E-state index in [0.29, 0.717) is 29.9 Å². The van der Waals surface area contributed by atoms with Gasteiger partial charge in [0.1, 0.15) is 11.6 Å². The third-order valence-corrected chi connectivity index (χ3v) is 3.49. The lowest BCUT2D eigenvalue weighted by Crippen LogP contribution is -2.14. The van der Waals surface area contributed by atoms with Gasteiger partial charge in [0.2, 0.25) is 0 Å². The lowest BCUT2D eigenvalue weighted by molar-refractivity contribution is -0.146. The molecule has 2 heterocycles. The minimum Gasteiger partial charge on any atom is -0.494 e. The van der Waals surface area contributed by atoms with Crippen LogP contribution in [0.5, 0.6) is 5.75 Å². The van der Waals surface area contributed by atoms with Crippen molar-refractivity contribution < 1.29 is 17.9 Å². The highest BCUT2D eigenvalue weighted by Gasteiger charge is 2.37. The molecule has 0 spiro atoms. The summed E-state index contributed by atoms with van der Waals surface area (Å²) in [5.41, 5.74) is 1.05. The fraction of sp³-hybridized carbons (Fsp3) is 0.312. The zero-order valence-electron chi connectivity index (χ0n) is 13.4. The molecule has 3 aromatic rings. The Balaban J connectivity index is 1.72. The van der Waals surface area contributed by atoms with Gasteiger partial charge in [-0.3, -0.25) is 0 Å². The maximum absolute atomic E-state index is 12.9. The van der Waals surface area contributed by atoms with Gasteiger partial charge in [-0.15, -0.1) is 15.3 Å². The monoisotopic (exact) mass is 351 g/mol. The molecule has 0 aliphatic heterocycles. The van der Waals surface area contributed by atoms with Crippen molar-refractivity contribution in [2.45, 2.75) is 19.5 Å². The van der Waals surface area contributed by atoms with Crippen LogP contribution in [0.3, 0.4) is 0 Å². The number of benzene rings is 1. The van der Waals surface area contributed by atoms with Crippen molar-refractivity contribution >= 4 is 11.5 Å². The number of para-hydroxylation sites is 1. The SMILES string of the molecule is CCOc1ccccc1CCNc1ccc2nnc(C(F)(F)F)n2n1. The molecule has 0 atom stereocenters. The molecule has 1 aromatic carbocycles. The predicted molar refractivity (Wildman–Crippen MR) is 85.6 cm³/mol. The minimum atomic E-state index is -4.61. The molecule has 132 valence electrons. The van der Waals surface area contributed by atoms with Crippen LogP contribution in [0.2, 0.25) is 0 Å². The Hall–Kier alpha value is -2.84. The van der Waals surface area contributed by atoms with E-state index in [0.717, 1.165) is 11.3 Å². The summed E-state index contributed by atoms with van der Waals surface area (Å²) in [6.45, 7) is 2.97. The number of nitrogens with zero attached hydrogens (tertiary/aromatic N) is 4. The molecule has 0 saturated carbocycles. The molecule has 0 bridgehead atoms. The van der Waals surface area contributed by atoms with Crippen LogP contribution >= 0.6 is 0 Å². The number of fused-ring (bicyclic) bond motifs is 1. The van der Waals surface area contributed by atoms with Crippen LogP contribution in [0.4, 0.5) is 19.0 Å². The molecule has 0 aliphatic rings. The molecule has 1 N–H and O–H groups in total. The average Bonchev–Trinajstić information content (AvgIpc) is 3.00. The van der Waals surface area contributed by atoms with Gasteiger partial charge < -0.3 is 10.1 Å². The Morgan fingerprint density at radius 1 is 1.12 bits per heavy atom. The van der Waals surface area contributed by atoms with Gasteiger partial charge in [-0.05, 0) is 37.1 Å². The van der Waals surface area contributed by atoms with Crippen molar-refractivity contribution in [3.05, 3.63) is 47.8 Å². The van der Waals surface area contributed by atoms with Crippen molar-refractivity contribution in [2.24, 2.45) is 0 Å². The quantitative estimate of drug-likeness (QED) is 0.739. The Morgan fingerprint density at radius 3 is 2.68 bits per heavy atom. The van der Waals surface area contributed by atoms with E-state index in [9.17, 15) is 13.2 Å². The number of hydrogen-bond donors (Lipinski definition) is 1. The molecule has 6 nitrogen and oxygen atoms in total. The molecule has 3 rings (SSSR count). The van der Waals surface area contributed by atoms with Gasteiger partial charge >= 0.3 is 6.18 Å². The van der Waals surface area contributed by atoms with E-state index in [1.54, 1.807) is 6.07 Å². The first-order valence-corrected chi connectivity index (χ1v) is 7.73. The van der Waals surface area contributed by atoms with Gasteiger partial charge in [-0.25, -0.2) is 0 Å². The van der Waals surface area contributed by atoms with Crippen LogP contribution in [0.1, 0.15) is 18.3 Å². The summed E-state index contributed by atoms with van der Waals surface area (Å²) in [7, 11) is 0. The first-order valence-electron chi connectivity index (χ1n) is 7.73. The number of nitrogens with one attached hydrogen (secondary N) is 1. The molecule has 25 heavy (non-hydrogen) atoms. The van der Waals surface area contributed by atoms with Crippen LogP contribution in [0.25, 0.3) is 5.65 Å². The summed E-state index contributed by atoms with van der Waals surface area (Å²) in [6, 6.07) is 10.6. The van der Waals surface area contributed by atoms with Crippen LogP contribution in [0.15, 0.2) is 36.4 Å². The number of rotatable bonds is 6. The van der Waals surface area contributed by atoms with Crippen molar-refractivity contribution in [2.75, 3.05) is 18.5 Å². The maximum atomic E-state index is 12.9. The Bertz CT molecular complexity index is 862. The number of anilines is 1. The molecular formula is C16H16F3N5O. The predicted octanol–water partition coefficient (Wildman–Crippen LogP) is 3.20. The molecule has 0 radical (unpaired) electrons. The standard InChI is InChI=1S/C16H16F3N5O/c1-2-25-12-6-4-3-5-11(12)9-10-20-13-7-8-14-21-22-15(16(17,18)19)24(14)23-13/h3-8H,2,9-10H2,1H3,(H,20,23). The number of halogens is 3. The third-order valence-electron chi connectivity index (χ3n) is 3.49. The van der Waals surface area contributed by atoms with Crippen molar-refractivity contribution in [3.8, 4) is 5.75 Å². The topological polar surface area (TPSA) is 64.3 Å². The highest BCUT2D eigenvalue weighted by molar-refractivity contribution is 5.44. The number of alkyl halides is 3. The van der Waals surface area contributed by atoms with E-state index >= 15 is 0 Å². The van der Waals surface area contributed by atoms with Crippen LogP contribution < -0.4 is 10.1 Å². The van der Waals surface area contributed by atoms with Crippen molar-refractivity contribution in [1.82, 2.24) is 19.8 Å². The van der Waals surface area contributed by atoms with E-state index < -0.39 is 12.0 Å². The molecule has 0 aliphatic carbocycles. The second kappa shape index (κ2) is 6.96. The first kappa shape index (κ1) is 17.0. The zero-order chi connectivity index (χ0) is 17.9. The van der Waals surface area contributed by atoms with E-state index in [-0.39, 0.29) is 5.65 Å². The second-order valence-electron chi connectivity index (χ2n) is 5.23. The fourth-order valence-electron chi connectivity index (χ4n) is 2.39. The average molecular weight is 351 g/mol. The minimum absolute atomic E-state index is 0.0413. The van der Waals surface area contributed by atoms with Gasteiger partial charge in [-0.2, -0.15) is 17.7 Å². The van der Waals surface area contributed by atoms with Gasteiger partial charge in [0.05, 0.1) is 6.61 Å². The maximum Gasteiger partial charge on any atom is 0.453 e. The molecule has 2 aromatic heterocycles. The number of ether oxygens (including phenoxy) is 1. The number of aromatic nitrogens is 4. The van der Waals surface area contributed by atoms with E-state index in [1.165, 1.54) is 6.07 Å². The lowest BCUT2D eigenvalue weighted by atomic mass is 10.1. The van der Waals surface area contributed by atoms with Gasteiger partial charge in [0, 0.05) is 6.54 Å². The summed E-state index contributed by atoms with van der Waals surface area (Å²) in [5.74, 6) is -0.0343. The molecular weight excluding hydrogens is 335 g/mol. The lowest BCUT2D eigenvalue weighted by Gasteiger charge is -2.11. The Labute approximate surface area is 141 Å². The van der Waals surface area contributed by atoms with Gasteiger partial charge in [0.25, 0.3) is 5.82 Å². The van der Waals surface area contributed by atoms with Gasteiger partial charge in [0.15, 0.2) is 5.65 Å². The van der Waals surface area contributed by atoms with E-state index in [4.69, 9.17) is 4.74 Å². The smallest absolute Gasteiger partial charge is 0.453 e. The Kier molecular flexibility index (Phi) is 4.73. The highest BCUT2D eigenvalue weighted by Crippen LogP contribution is 2.27. The first-order chi connectivity index (χ1) is 12.0. The van der Waals surface area contributed by atoms with Crippen LogP contribution in [-0.2, 0) is 12.6 Å². The third kappa shape index (κ3) is 3.81. The van der Waals surface area contributed by atoms with Crippen molar-refractivity contribution in [3.63, 3.8) is 0 Å². The zero-order valence-corrected chi connectivity index (χ0v) is 13.4. The van der Waals surface area contributed by atoms with Gasteiger partial charge in [-0.1, -0.05) is 18.2 Å². The molecule has 0 saturated heterocycles. The van der Waals surface area contributed by atoms with Crippen LogP contribution in [-0.4, -0.2) is 33.0 Å². The summed E-state index contributed by atoms with van der Waals surface area (Å²) >= 11 is 0. The highest BCUT2D eigenvalue weighted by atomic mass is 19.4. The summed E-state index contributed by atoms with van der Waals surface area (Å²) in [6.07, 6.45) is -3.97. The van der Waals surface area contributed by atoms with E-state index in [2.05, 4.69) is 20.6 Å². The summed E-state index contributed by atoms with van der Waals surface area (Å²) in [5, 5.41) is 13.6. The summed E-state index contributed by atoms with van der Waals surface area (Å²) in [4.78, 5) is 0. The van der Waals surface area contributed by atoms with Crippen molar-refractivity contribution in [1.29, 1.82) is 0 Å². The molecule has 0 fully saturated rings. The van der Waals surface area contributed by atoms with Crippen LogP contribution in [0, 0.1) is 0 Å². The largest absolute Gasteiger partial charge is 0.494 e. The molecule has 0 amide bonds. The molecule has 9 heteroatoms. The fourth-order valence-corrected chi connectivity index (χ4v) is 2.39. The van der Waals surface area contributed by atoms with E-state index in [1.807, 2.05) is 31.2 Å². The normalized spacial score (nSPS) is 11.7.